The average molecular weight is 241 g/mol. The molecule has 0 heterocycles. The molecule has 0 bridgehead atoms. The van der Waals surface area contributed by atoms with Gasteiger partial charge in [-0.1, -0.05) is 37.6 Å². The van der Waals surface area contributed by atoms with Gasteiger partial charge in [-0.3, -0.25) is 4.79 Å². The van der Waals surface area contributed by atoms with E-state index < -0.39 is 11.9 Å². The van der Waals surface area contributed by atoms with Gasteiger partial charge in [0.25, 0.3) is 0 Å². The molecular weight excluding hydrogens is 224 g/mol. The number of carboxylic acids is 1. The quantitative estimate of drug-likeness (QED) is 0.868. The normalized spacial score (nSPS) is 12.8. The Balaban J connectivity index is 3.11. The zero-order chi connectivity index (χ0) is 12.3. The monoisotopic (exact) mass is 240 g/mol. The number of halogens is 1. The fourth-order valence-corrected chi connectivity index (χ4v) is 2.02. The SMILES string of the molecule is Cc1c(Cl)cccc1C(CC(C)C)C(=O)O. The third-order valence-corrected chi connectivity index (χ3v) is 3.10. The molecule has 1 unspecified atom stereocenters. The van der Waals surface area contributed by atoms with Crippen molar-refractivity contribution < 1.29 is 9.90 Å². The zero-order valence-corrected chi connectivity index (χ0v) is 10.6. The van der Waals surface area contributed by atoms with Gasteiger partial charge in [0.15, 0.2) is 0 Å². The molecule has 0 aliphatic rings. The van der Waals surface area contributed by atoms with Crippen LogP contribution < -0.4 is 0 Å². The van der Waals surface area contributed by atoms with Crippen LogP contribution in [0.1, 0.15) is 37.3 Å². The minimum absolute atomic E-state index is 0.347. The molecule has 0 aliphatic carbocycles. The number of hydrogen-bond donors (Lipinski definition) is 1. The Morgan fingerprint density at radius 1 is 1.44 bits per heavy atom. The van der Waals surface area contributed by atoms with Gasteiger partial charge >= 0.3 is 5.97 Å². The van der Waals surface area contributed by atoms with Crippen molar-refractivity contribution >= 4 is 17.6 Å². The van der Waals surface area contributed by atoms with E-state index in [0.29, 0.717) is 17.4 Å². The van der Waals surface area contributed by atoms with Crippen molar-refractivity contribution in [3.63, 3.8) is 0 Å². The van der Waals surface area contributed by atoms with Gasteiger partial charge in [0.1, 0.15) is 0 Å². The lowest BCUT2D eigenvalue weighted by Gasteiger charge is -2.17. The van der Waals surface area contributed by atoms with E-state index in [-0.39, 0.29) is 0 Å². The van der Waals surface area contributed by atoms with Crippen molar-refractivity contribution in [1.29, 1.82) is 0 Å². The first-order valence-corrected chi connectivity index (χ1v) is 5.79. The van der Waals surface area contributed by atoms with Crippen LogP contribution >= 0.6 is 11.6 Å². The number of carboxylic acid groups (broad SMARTS) is 1. The molecule has 1 atom stereocenters. The van der Waals surface area contributed by atoms with E-state index in [0.717, 1.165) is 11.1 Å². The molecular formula is C13H17ClO2. The molecule has 2 nitrogen and oxygen atoms in total. The minimum Gasteiger partial charge on any atom is -0.481 e. The number of benzene rings is 1. The molecule has 0 amide bonds. The van der Waals surface area contributed by atoms with Crippen LogP contribution in [0.3, 0.4) is 0 Å². The van der Waals surface area contributed by atoms with Gasteiger partial charge in [-0.2, -0.15) is 0 Å². The van der Waals surface area contributed by atoms with Crippen LogP contribution in [-0.2, 0) is 4.79 Å². The Bertz CT molecular complexity index is 386. The van der Waals surface area contributed by atoms with Crippen molar-refractivity contribution in [3.8, 4) is 0 Å². The predicted molar refractivity (Wildman–Crippen MR) is 66.0 cm³/mol. The van der Waals surface area contributed by atoms with E-state index in [1.54, 1.807) is 12.1 Å². The highest BCUT2D eigenvalue weighted by Crippen LogP contribution is 2.30. The molecule has 1 rings (SSSR count). The molecule has 0 aromatic heterocycles. The van der Waals surface area contributed by atoms with Crippen molar-refractivity contribution in [1.82, 2.24) is 0 Å². The van der Waals surface area contributed by atoms with Gasteiger partial charge in [0, 0.05) is 5.02 Å². The molecule has 3 heteroatoms. The second-order valence-corrected chi connectivity index (χ2v) is 4.88. The maximum atomic E-state index is 11.3. The highest BCUT2D eigenvalue weighted by Gasteiger charge is 2.23. The largest absolute Gasteiger partial charge is 0.481 e. The summed E-state index contributed by atoms with van der Waals surface area (Å²) in [6, 6.07) is 5.44. The van der Waals surface area contributed by atoms with Crippen LogP contribution in [0.5, 0.6) is 0 Å². The van der Waals surface area contributed by atoms with Crippen LogP contribution in [-0.4, -0.2) is 11.1 Å². The first-order chi connectivity index (χ1) is 7.43. The summed E-state index contributed by atoms with van der Waals surface area (Å²) in [6.45, 7) is 5.92. The summed E-state index contributed by atoms with van der Waals surface area (Å²) in [5, 5.41) is 9.88. The Labute approximate surface area is 101 Å². The summed E-state index contributed by atoms with van der Waals surface area (Å²) in [4.78, 5) is 11.3. The van der Waals surface area contributed by atoms with Gasteiger partial charge in [-0.15, -0.1) is 0 Å². The zero-order valence-electron chi connectivity index (χ0n) is 9.83. The molecule has 0 saturated carbocycles. The molecule has 0 spiro atoms. The third-order valence-electron chi connectivity index (χ3n) is 2.69. The molecule has 1 aromatic carbocycles. The van der Waals surface area contributed by atoms with Crippen LogP contribution in [0, 0.1) is 12.8 Å². The molecule has 88 valence electrons. The smallest absolute Gasteiger partial charge is 0.310 e. The van der Waals surface area contributed by atoms with Crippen LogP contribution in [0.2, 0.25) is 5.02 Å². The van der Waals surface area contributed by atoms with E-state index in [4.69, 9.17) is 11.6 Å². The van der Waals surface area contributed by atoms with E-state index in [1.165, 1.54) is 0 Å². The van der Waals surface area contributed by atoms with Crippen LogP contribution in [0.4, 0.5) is 0 Å². The fourth-order valence-electron chi connectivity index (χ4n) is 1.83. The summed E-state index contributed by atoms with van der Waals surface area (Å²) in [6.07, 6.45) is 0.635. The van der Waals surface area contributed by atoms with Gasteiger partial charge in [-0.25, -0.2) is 0 Å². The standard InChI is InChI=1S/C13H17ClO2/c1-8(2)7-11(13(15)16)10-5-4-6-12(14)9(10)3/h4-6,8,11H,7H2,1-3H3,(H,15,16). The second kappa shape index (κ2) is 5.35. The third kappa shape index (κ3) is 2.99. The number of aliphatic carboxylic acids is 1. The molecule has 0 radical (unpaired) electrons. The van der Waals surface area contributed by atoms with Gasteiger partial charge in [-0.05, 0) is 36.5 Å². The summed E-state index contributed by atoms with van der Waals surface area (Å²) >= 11 is 6.01. The lowest BCUT2D eigenvalue weighted by Crippen LogP contribution is -2.15. The Hall–Kier alpha value is -1.02. The summed E-state index contributed by atoms with van der Waals surface area (Å²) in [5.74, 6) is -0.891. The topological polar surface area (TPSA) is 37.3 Å². The number of carbonyl (C=O) groups is 1. The van der Waals surface area contributed by atoms with Gasteiger partial charge < -0.3 is 5.11 Å². The maximum Gasteiger partial charge on any atom is 0.310 e. The first-order valence-electron chi connectivity index (χ1n) is 5.41. The summed E-state index contributed by atoms with van der Waals surface area (Å²) in [5.41, 5.74) is 1.70. The molecule has 1 N–H and O–H groups in total. The average Bonchev–Trinajstić information content (AvgIpc) is 2.18. The Morgan fingerprint density at radius 2 is 2.06 bits per heavy atom. The molecule has 0 aliphatic heterocycles. The molecule has 0 saturated heterocycles. The predicted octanol–water partition coefficient (Wildman–Crippen LogP) is 3.86. The number of hydrogen-bond acceptors (Lipinski definition) is 1. The summed E-state index contributed by atoms with van der Waals surface area (Å²) in [7, 11) is 0. The molecule has 16 heavy (non-hydrogen) atoms. The van der Waals surface area contributed by atoms with Crippen molar-refractivity contribution in [3.05, 3.63) is 34.3 Å². The fraction of sp³-hybridized carbons (Fsp3) is 0.462. The van der Waals surface area contributed by atoms with Crippen molar-refractivity contribution in [2.24, 2.45) is 5.92 Å². The van der Waals surface area contributed by atoms with E-state index in [2.05, 4.69) is 0 Å². The van der Waals surface area contributed by atoms with Crippen molar-refractivity contribution in [2.75, 3.05) is 0 Å². The highest BCUT2D eigenvalue weighted by molar-refractivity contribution is 6.31. The van der Waals surface area contributed by atoms with E-state index in [9.17, 15) is 9.90 Å². The second-order valence-electron chi connectivity index (χ2n) is 4.47. The lowest BCUT2D eigenvalue weighted by atomic mass is 9.88. The van der Waals surface area contributed by atoms with Gasteiger partial charge in [0.05, 0.1) is 5.92 Å². The first kappa shape index (κ1) is 13.0. The minimum atomic E-state index is -0.779. The molecule has 1 aromatic rings. The Kier molecular flexibility index (Phi) is 4.36. The van der Waals surface area contributed by atoms with Crippen molar-refractivity contribution in [2.45, 2.75) is 33.1 Å². The summed E-state index contributed by atoms with van der Waals surface area (Å²) < 4.78 is 0. The number of rotatable bonds is 4. The lowest BCUT2D eigenvalue weighted by molar-refractivity contribution is -0.139. The maximum absolute atomic E-state index is 11.3. The van der Waals surface area contributed by atoms with Crippen LogP contribution in [0.25, 0.3) is 0 Å². The van der Waals surface area contributed by atoms with E-state index >= 15 is 0 Å². The van der Waals surface area contributed by atoms with E-state index in [1.807, 2.05) is 26.8 Å². The van der Waals surface area contributed by atoms with Gasteiger partial charge in [0.2, 0.25) is 0 Å². The van der Waals surface area contributed by atoms with Crippen LogP contribution in [0.15, 0.2) is 18.2 Å². The Morgan fingerprint density at radius 3 is 2.56 bits per heavy atom. The molecule has 0 fully saturated rings. The highest BCUT2D eigenvalue weighted by atomic mass is 35.5.